The summed E-state index contributed by atoms with van der Waals surface area (Å²) in [5, 5.41) is 9.97. The lowest BCUT2D eigenvalue weighted by atomic mass is 9.93. The third-order valence-corrected chi connectivity index (χ3v) is 2.61. The molecule has 0 saturated heterocycles. The first kappa shape index (κ1) is 16.4. The van der Waals surface area contributed by atoms with E-state index in [0.717, 1.165) is 0 Å². The Bertz CT molecular complexity index is 253. The minimum Gasteiger partial charge on any atom is -0.460 e. The van der Waals surface area contributed by atoms with E-state index in [-0.39, 0.29) is 5.97 Å². The summed E-state index contributed by atoms with van der Waals surface area (Å²) < 4.78 is 10.5. The molecule has 0 heterocycles. The van der Waals surface area contributed by atoms with Crippen LogP contribution in [0.15, 0.2) is 0 Å². The molecule has 4 heteroatoms. The predicted octanol–water partition coefficient (Wildman–Crippen LogP) is 2.14. The maximum absolute atomic E-state index is 11.8. The van der Waals surface area contributed by atoms with Gasteiger partial charge in [-0.3, -0.25) is 4.79 Å². The van der Waals surface area contributed by atoms with Gasteiger partial charge in [0.15, 0.2) is 0 Å². The van der Waals surface area contributed by atoms with Crippen LogP contribution in [0.4, 0.5) is 0 Å². The van der Waals surface area contributed by atoms with Crippen molar-refractivity contribution < 1.29 is 19.4 Å². The summed E-state index contributed by atoms with van der Waals surface area (Å²) in [5.41, 5.74) is -0.975. The van der Waals surface area contributed by atoms with Crippen molar-refractivity contribution in [2.24, 2.45) is 5.92 Å². The second kappa shape index (κ2) is 5.83. The standard InChI is InChI=1S/C13H26O4/c1-9(11(15)17-12(2,3)4)10(14)8-13(5,6)16-7/h9-10,14H,8H2,1-7H3. The second-order valence-electron chi connectivity index (χ2n) is 6.06. The quantitative estimate of drug-likeness (QED) is 0.755. The molecule has 0 aliphatic heterocycles. The largest absolute Gasteiger partial charge is 0.460 e. The van der Waals surface area contributed by atoms with Gasteiger partial charge in [-0.2, -0.15) is 0 Å². The maximum Gasteiger partial charge on any atom is 0.311 e. The summed E-state index contributed by atoms with van der Waals surface area (Å²) in [6, 6.07) is 0. The fourth-order valence-corrected chi connectivity index (χ4v) is 1.32. The van der Waals surface area contributed by atoms with E-state index in [9.17, 15) is 9.90 Å². The molecule has 0 aromatic heterocycles. The first-order chi connectivity index (χ1) is 7.48. The van der Waals surface area contributed by atoms with Crippen molar-refractivity contribution in [3.63, 3.8) is 0 Å². The Labute approximate surface area is 104 Å². The van der Waals surface area contributed by atoms with Crippen LogP contribution < -0.4 is 0 Å². The van der Waals surface area contributed by atoms with Gasteiger partial charge in [0.2, 0.25) is 0 Å². The molecule has 0 rings (SSSR count). The summed E-state index contributed by atoms with van der Waals surface area (Å²) in [5.74, 6) is -0.930. The highest BCUT2D eigenvalue weighted by molar-refractivity contribution is 5.73. The Morgan fingerprint density at radius 3 is 2.06 bits per heavy atom. The second-order valence-corrected chi connectivity index (χ2v) is 6.06. The number of aliphatic hydroxyl groups excluding tert-OH is 1. The molecule has 0 fully saturated rings. The van der Waals surface area contributed by atoms with Crippen molar-refractivity contribution in [3.05, 3.63) is 0 Å². The van der Waals surface area contributed by atoms with E-state index in [1.165, 1.54) is 0 Å². The highest BCUT2D eigenvalue weighted by atomic mass is 16.6. The summed E-state index contributed by atoms with van der Waals surface area (Å²) in [6.07, 6.45) is -0.371. The van der Waals surface area contributed by atoms with Gasteiger partial charge in [0, 0.05) is 13.5 Å². The van der Waals surface area contributed by atoms with Crippen LogP contribution in [0.3, 0.4) is 0 Å². The smallest absolute Gasteiger partial charge is 0.311 e. The van der Waals surface area contributed by atoms with Gasteiger partial charge in [-0.25, -0.2) is 0 Å². The highest BCUT2D eigenvalue weighted by Gasteiger charge is 2.31. The molecule has 0 aliphatic rings. The molecule has 0 radical (unpaired) electrons. The topological polar surface area (TPSA) is 55.8 Å². The fourth-order valence-electron chi connectivity index (χ4n) is 1.32. The van der Waals surface area contributed by atoms with Gasteiger partial charge in [-0.05, 0) is 41.5 Å². The van der Waals surface area contributed by atoms with Crippen LogP contribution in [0.2, 0.25) is 0 Å². The lowest BCUT2D eigenvalue weighted by molar-refractivity contribution is -0.164. The van der Waals surface area contributed by atoms with Crippen molar-refractivity contribution in [1.82, 2.24) is 0 Å². The molecular weight excluding hydrogens is 220 g/mol. The number of ether oxygens (including phenoxy) is 2. The van der Waals surface area contributed by atoms with Crippen LogP contribution in [-0.2, 0) is 14.3 Å². The molecule has 4 nitrogen and oxygen atoms in total. The van der Waals surface area contributed by atoms with E-state index >= 15 is 0 Å². The SMILES string of the molecule is COC(C)(C)CC(O)C(C)C(=O)OC(C)(C)C. The van der Waals surface area contributed by atoms with E-state index in [4.69, 9.17) is 9.47 Å². The first-order valence-corrected chi connectivity index (χ1v) is 5.94. The Morgan fingerprint density at radius 1 is 1.24 bits per heavy atom. The minimum atomic E-state index is -0.764. The number of hydrogen-bond acceptors (Lipinski definition) is 4. The zero-order valence-corrected chi connectivity index (χ0v) is 12.0. The summed E-state index contributed by atoms with van der Waals surface area (Å²) in [4.78, 5) is 11.8. The van der Waals surface area contributed by atoms with E-state index < -0.39 is 23.2 Å². The molecule has 102 valence electrons. The summed E-state index contributed by atoms with van der Waals surface area (Å²) >= 11 is 0. The number of carbonyl (C=O) groups is 1. The molecule has 0 aromatic rings. The summed E-state index contributed by atoms with van der Waals surface area (Å²) in [7, 11) is 1.59. The number of methoxy groups -OCH3 is 1. The molecule has 0 amide bonds. The minimum absolute atomic E-state index is 0.378. The van der Waals surface area contributed by atoms with Gasteiger partial charge in [-0.1, -0.05) is 0 Å². The number of carbonyl (C=O) groups excluding carboxylic acids is 1. The van der Waals surface area contributed by atoms with Crippen molar-refractivity contribution in [2.75, 3.05) is 7.11 Å². The highest BCUT2D eigenvalue weighted by Crippen LogP contribution is 2.22. The molecule has 0 bridgehead atoms. The van der Waals surface area contributed by atoms with Gasteiger partial charge >= 0.3 is 5.97 Å². The van der Waals surface area contributed by atoms with Gasteiger partial charge in [0.05, 0.1) is 17.6 Å². The van der Waals surface area contributed by atoms with Crippen molar-refractivity contribution in [3.8, 4) is 0 Å². The lowest BCUT2D eigenvalue weighted by Crippen LogP contribution is -2.37. The van der Waals surface area contributed by atoms with Crippen molar-refractivity contribution in [2.45, 2.75) is 65.3 Å². The van der Waals surface area contributed by atoms with Gasteiger partial charge in [0.25, 0.3) is 0 Å². The number of hydrogen-bond donors (Lipinski definition) is 1. The third kappa shape index (κ3) is 6.64. The normalized spacial score (nSPS) is 16.5. The molecular formula is C13H26O4. The molecule has 0 aromatic carbocycles. The van der Waals surface area contributed by atoms with Gasteiger partial charge in [-0.15, -0.1) is 0 Å². The molecule has 0 aliphatic carbocycles. The van der Waals surface area contributed by atoms with Crippen LogP contribution in [-0.4, -0.2) is 35.5 Å². The number of rotatable bonds is 5. The number of aliphatic hydroxyl groups is 1. The first-order valence-electron chi connectivity index (χ1n) is 5.94. The van der Waals surface area contributed by atoms with Crippen LogP contribution >= 0.6 is 0 Å². The maximum atomic E-state index is 11.8. The van der Waals surface area contributed by atoms with E-state index in [1.807, 2.05) is 34.6 Å². The van der Waals surface area contributed by atoms with Crippen LogP contribution in [0, 0.1) is 5.92 Å². The Balaban J connectivity index is 4.40. The zero-order valence-electron chi connectivity index (χ0n) is 12.0. The Hall–Kier alpha value is -0.610. The van der Waals surface area contributed by atoms with Gasteiger partial charge in [0.1, 0.15) is 5.60 Å². The average Bonchev–Trinajstić information content (AvgIpc) is 2.13. The Morgan fingerprint density at radius 2 is 1.71 bits per heavy atom. The van der Waals surface area contributed by atoms with E-state index in [0.29, 0.717) is 6.42 Å². The van der Waals surface area contributed by atoms with Crippen LogP contribution in [0.25, 0.3) is 0 Å². The van der Waals surface area contributed by atoms with Gasteiger partial charge < -0.3 is 14.6 Å². The molecule has 2 atom stereocenters. The molecule has 0 spiro atoms. The fraction of sp³-hybridized carbons (Fsp3) is 0.923. The Kier molecular flexibility index (Phi) is 5.62. The third-order valence-electron chi connectivity index (χ3n) is 2.61. The molecule has 1 N–H and O–H groups in total. The van der Waals surface area contributed by atoms with Crippen molar-refractivity contribution in [1.29, 1.82) is 0 Å². The molecule has 2 unspecified atom stereocenters. The number of esters is 1. The molecule has 17 heavy (non-hydrogen) atoms. The van der Waals surface area contributed by atoms with Crippen LogP contribution in [0.5, 0.6) is 0 Å². The zero-order chi connectivity index (χ0) is 13.9. The lowest BCUT2D eigenvalue weighted by Gasteiger charge is -2.29. The summed E-state index contributed by atoms with van der Waals surface area (Å²) in [6.45, 7) is 10.8. The molecule has 0 saturated carbocycles. The predicted molar refractivity (Wildman–Crippen MR) is 66.7 cm³/mol. The van der Waals surface area contributed by atoms with Crippen LogP contribution in [0.1, 0.15) is 48.0 Å². The van der Waals surface area contributed by atoms with Crippen molar-refractivity contribution >= 4 is 5.97 Å². The van der Waals surface area contributed by atoms with E-state index in [1.54, 1.807) is 14.0 Å². The van der Waals surface area contributed by atoms with E-state index in [2.05, 4.69) is 0 Å². The monoisotopic (exact) mass is 246 g/mol. The average molecular weight is 246 g/mol.